The lowest BCUT2D eigenvalue weighted by atomic mass is 9.96. The molecule has 19 heteroatoms. The number of amides is 1. The summed E-state index contributed by atoms with van der Waals surface area (Å²) >= 11 is 0. The summed E-state index contributed by atoms with van der Waals surface area (Å²) in [6.45, 7) is 1.88. The van der Waals surface area contributed by atoms with Gasteiger partial charge in [0.2, 0.25) is 5.91 Å². The Morgan fingerprint density at radius 1 is 0.308 bits per heavy atom. The standard InChI is InChI=1S/C85H165NO18/c1-3-5-7-9-11-13-15-17-19-21-23-25-26-27-28-29-30-31-32-33-34-35-36-37-38-39-40-41-43-45-47-49-51-53-55-57-59-61-63-73(91)86-68(69(90)62-60-58-56-54-52-50-48-46-44-42-24-22-20-18-16-14-12-10-8-6-4-2)67-99-83-79(97)76(94)81(71(65-88)101-83)104-85-80(98)77(95)82(72(66-89)102-85)103-84-78(96)75(93)74(92)70(64-87)100-84/h68-72,74-85,87-90,92-98H,3-67H2,1-2H3,(H,86,91). The van der Waals surface area contributed by atoms with Crippen LogP contribution in [0.15, 0.2) is 0 Å². The van der Waals surface area contributed by atoms with Crippen LogP contribution in [0.5, 0.6) is 0 Å². The number of ether oxygens (including phenoxy) is 6. The molecule has 618 valence electrons. The Morgan fingerprint density at radius 3 is 0.837 bits per heavy atom. The van der Waals surface area contributed by atoms with Crippen molar-refractivity contribution in [1.82, 2.24) is 5.32 Å². The Bertz CT molecular complexity index is 1880. The average Bonchev–Trinajstić information content (AvgIpc) is 0.783. The minimum absolute atomic E-state index is 0.232. The molecule has 3 aliphatic heterocycles. The largest absolute Gasteiger partial charge is 0.394 e. The van der Waals surface area contributed by atoms with E-state index in [4.69, 9.17) is 28.4 Å². The van der Waals surface area contributed by atoms with Gasteiger partial charge in [0.1, 0.15) is 73.2 Å². The zero-order valence-electron chi connectivity index (χ0n) is 66.6. The van der Waals surface area contributed by atoms with Gasteiger partial charge < -0.3 is 89.9 Å². The van der Waals surface area contributed by atoms with Gasteiger partial charge in [-0.15, -0.1) is 0 Å². The molecular formula is C85H165NO18. The predicted octanol–water partition coefficient (Wildman–Crippen LogP) is 16.1. The molecule has 17 atom stereocenters. The van der Waals surface area contributed by atoms with Gasteiger partial charge >= 0.3 is 0 Å². The molecule has 0 radical (unpaired) electrons. The predicted molar refractivity (Wildman–Crippen MR) is 416 cm³/mol. The molecule has 19 nitrogen and oxygen atoms in total. The lowest BCUT2D eigenvalue weighted by Crippen LogP contribution is -2.66. The molecule has 3 heterocycles. The molecule has 0 aliphatic carbocycles. The molecular weight excluding hydrogens is 1320 g/mol. The van der Waals surface area contributed by atoms with E-state index in [1.165, 1.54) is 327 Å². The number of rotatable bonds is 73. The molecule has 3 rings (SSSR count). The highest BCUT2D eigenvalue weighted by atomic mass is 16.8. The average molecular weight is 1490 g/mol. The van der Waals surface area contributed by atoms with Gasteiger partial charge in [-0.1, -0.05) is 386 Å². The number of carbonyl (C=O) groups is 1. The van der Waals surface area contributed by atoms with E-state index in [1.54, 1.807) is 0 Å². The van der Waals surface area contributed by atoms with Gasteiger partial charge in [-0.3, -0.25) is 4.79 Å². The molecule has 1 amide bonds. The molecule has 104 heavy (non-hydrogen) atoms. The first-order valence-electron chi connectivity index (χ1n) is 44.3. The van der Waals surface area contributed by atoms with E-state index in [1.807, 2.05) is 0 Å². The van der Waals surface area contributed by atoms with Crippen molar-refractivity contribution in [2.75, 3.05) is 26.4 Å². The fourth-order valence-corrected chi connectivity index (χ4v) is 15.6. The van der Waals surface area contributed by atoms with Gasteiger partial charge in [0.15, 0.2) is 18.9 Å². The summed E-state index contributed by atoms with van der Waals surface area (Å²) in [7, 11) is 0. The summed E-state index contributed by atoms with van der Waals surface area (Å²) in [5.41, 5.74) is 0. The summed E-state index contributed by atoms with van der Waals surface area (Å²) in [5, 5.41) is 121. The minimum Gasteiger partial charge on any atom is -0.394 e. The van der Waals surface area contributed by atoms with Crippen molar-refractivity contribution in [2.24, 2.45) is 0 Å². The van der Waals surface area contributed by atoms with E-state index in [-0.39, 0.29) is 18.9 Å². The van der Waals surface area contributed by atoms with Gasteiger partial charge in [0.05, 0.1) is 38.6 Å². The van der Waals surface area contributed by atoms with Crippen LogP contribution in [0.25, 0.3) is 0 Å². The van der Waals surface area contributed by atoms with E-state index in [9.17, 15) is 61.0 Å². The van der Waals surface area contributed by atoms with Crippen LogP contribution in [0.3, 0.4) is 0 Å². The van der Waals surface area contributed by atoms with Gasteiger partial charge in [-0.05, 0) is 12.8 Å². The Labute approximate surface area is 634 Å². The third-order valence-electron chi connectivity index (χ3n) is 22.7. The molecule has 12 N–H and O–H groups in total. The van der Waals surface area contributed by atoms with Crippen LogP contribution >= 0.6 is 0 Å². The number of aliphatic hydroxyl groups excluding tert-OH is 11. The summed E-state index contributed by atoms with van der Waals surface area (Å²) < 4.78 is 34.6. The van der Waals surface area contributed by atoms with Crippen molar-refractivity contribution in [2.45, 2.75) is 510 Å². The Kier molecular flexibility index (Phi) is 61.9. The van der Waals surface area contributed by atoms with Crippen molar-refractivity contribution in [3.63, 3.8) is 0 Å². The van der Waals surface area contributed by atoms with Crippen molar-refractivity contribution >= 4 is 5.91 Å². The van der Waals surface area contributed by atoms with Crippen molar-refractivity contribution in [3.8, 4) is 0 Å². The maximum atomic E-state index is 13.5. The van der Waals surface area contributed by atoms with Gasteiger partial charge in [-0.2, -0.15) is 0 Å². The lowest BCUT2D eigenvalue weighted by Gasteiger charge is -2.48. The number of unbranched alkanes of at least 4 members (excludes halogenated alkanes) is 57. The highest BCUT2D eigenvalue weighted by molar-refractivity contribution is 5.76. The number of aliphatic hydroxyl groups is 11. The first kappa shape index (κ1) is 97.0. The van der Waals surface area contributed by atoms with Gasteiger partial charge in [-0.25, -0.2) is 0 Å². The summed E-state index contributed by atoms with van der Waals surface area (Å²) in [6, 6.07) is -0.884. The maximum absolute atomic E-state index is 13.5. The van der Waals surface area contributed by atoms with E-state index < -0.39 is 124 Å². The lowest BCUT2D eigenvalue weighted by molar-refractivity contribution is -0.379. The normalized spacial score (nSPS) is 25.8. The van der Waals surface area contributed by atoms with E-state index >= 15 is 0 Å². The zero-order valence-corrected chi connectivity index (χ0v) is 66.6. The quantitative estimate of drug-likeness (QED) is 0.0252. The summed E-state index contributed by atoms with van der Waals surface area (Å²) in [6.07, 6.45) is 52.3. The third-order valence-corrected chi connectivity index (χ3v) is 22.7. The van der Waals surface area contributed by atoms with E-state index in [2.05, 4.69) is 19.2 Å². The second-order valence-corrected chi connectivity index (χ2v) is 32.1. The Balaban J connectivity index is 1.29. The van der Waals surface area contributed by atoms with Crippen LogP contribution in [0, 0.1) is 0 Å². The molecule has 0 aromatic rings. The topological polar surface area (TPSA) is 307 Å². The molecule has 0 bridgehead atoms. The zero-order chi connectivity index (χ0) is 75.3. The fraction of sp³-hybridized carbons (Fsp3) is 0.988. The number of hydrogen-bond acceptors (Lipinski definition) is 18. The molecule has 3 saturated heterocycles. The number of hydrogen-bond donors (Lipinski definition) is 12. The molecule has 0 aromatic heterocycles. The van der Waals surface area contributed by atoms with Gasteiger partial charge in [0, 0.05) is 6.42 Å². The molecule has 3 aliphatic rings. The molecule has 0 saturated carbocycles. The van der Waals surface area contributed by atoms with E-state index in [0.717, 1.165) is 44.9 Å². The summed E-state index contributed by atoms with van der Waals surface area (Å²) in [4.78, 5) is 13.5. The van der Waals surface area contributed by atoms with Crippen LogP contribution in [-0.2, 0) is 33.2 Å². The first-order chi connectivity index (χ1) is 50.8. The van der Waals surface area contributed by atoms with Crippen LogP contribution in [-0.4, -0.2) is 193 Å². The first-order valence-corrected chi connectivity index (χ1v) is 44.3. The Hall–Kier alpha value is -1.21. The minimum atomic E-state index is -1.97. The number of carbonyl (C=O) groups excluding carboxylic acids is 1. The van der Waals surface area contributed by atoms with Gasteiger partial charge in [0.25, 0.3) is 0 Å². The summed E-state index contributed by atoms with van der Waals surface area (Å²) in [5.74, 6) is -0.232. The van der Waals surface area contributed by atoms with Crippen molar-refractivity contribution in [1.29, 1.82) is 0 Å². The molecule has 17 unspecified atom stereocenters. The third kappa shape index (κ3) is 45.3. The van der Waals surface area contributed by atoms with Crippen molar-refractivity contribution in [3.05, 3.63) is 0 Å². The van der Waals surface area contributed by atoms with E-state index in [0.29, 0.717) is 12.8 Å². The second kappa shape index (κ2) is 66.4. The molecule has 0 aromatic carbocycles. The maximum Gasteiger partial charge on any atom is 0.220 e. The fourth-order valence-electron chi connectivity index (χ4n) is 15.6. The molecule has 3 fully saturated rings. The van der Waals surface area contributed by atoms with Crippen molar-refractivity contribution < 1.29 is 89.4 Å². The van der Waals surface area contributed by atoms with Crippen LogP contribution in [0.4, 0.5) is 0 Å². The van der Waals surface area contributed by atoms with Crippen LogP contribution in [0.1, 0.15) is 406 Å². The van der Waals surface area contributed by atoms with Crippen LogP contribution < -0.4 is 5.32 Å². The smallest absolute Gasteiger partial charge is 0.220 e. The number of nitrogens with one attached hydrogen (secondary N) is 1. The Morgan fingerprint density at radius 2 is 0.548 bits per heavy atom. The van der Waals surface area contributed by atoms with Crippen LogP contribution in [0.2, 0.25) is 0 Å². The highest BCUT2D eigenvalue weighted by Gasteiger charge is 2.54. The molecule has 0 spiro atoms. The SMILES string of the molecule is CCCCCCCCCCCCCCCCCCCCCCCCCCCCCCCCCCCCCCCCC(=O)NC(COC1OC(CO)C(OC2OC(CO)C(OC3OC(CO)C(O)C(O)C3O)C(O)C2O)C(O)C1O)C(O)CCCCCCCCCCCCCCCCCCCCCCC. The second-order valence-electron chi connectivity index (χ2n) is 32.1. The highest BCUT2D eigenvalue weighted by Crippen LogP contribution is 2.34. The monoisotopic (exact) mass is 1490 g/mol.